The third kappa shape index (κ3) is 2.60. The molecule has 8 heteroatoms. The molecule has 0 aliphatic heterocycles. The van der Waals surface area contributed by atoms with Crippen molar-refractivity contribution in [2.45, 2.75) is 4.90 Å². The van der Waals surface area contributed by atoms with Gasteiger partial charge in [-0.15, -0.1) is 4.83 Å². The Labute approximate surface area is 99.5 Å². The van der Waals surface area contributed by atoms with Crippen LogP contribution in [-0.2, 0) is 10.0 Å². The first kappa shape index (κ1) is 13.6. The fourth-order valence-electron chi connectivity index (χ4n) is 1.30. The maximum atomic E-state index is 11.7. The number of nitrogens with one attached hydrogen (secondary N) is 1. The van der Waals surface area contributed by atoms with Gasteiger partial charge in [0.1, 0.15) is 17.2 Å². The monoisotopic (exact) mass is 262 g/mol. The van der Waals surface area contributed by atoms with Gasteiger partial charge in [0.2, 0.25) is 0 Å². The molecule has 0 amide bonds. The lowest BCUT2D eigenvalue weighted by molar-refractivity contribution is 0.359. The summed E-state index contributed by atoms with van der Waals surface area (Å²) in [5.41, 5.74) is 0. The van der Waals surface area contributed by atoms with E-state index in [-0.39, 0.29) is 16.4 Å². The van der Waals surface area contributed by atoms with E-state index >= 15 is 0 Å². The van der Waals surface area contributed by atoms with Gasteiger partial charge >= 0.3 is 0 Å². The third-order valence-corrected chi connectivity index (χ3v) is 3.34. The smallest absolute Gasteiger partial charge is 0.260 e. The molecule has 0 unspecified atom stereocenters. The van der Waals surface area contributed by atoms with Crippen molar-refractivity contribution in [3.8, 4) is 17.2 Å². The molecule has 0 atom stereocenters. The van der Waals surface area contributed by atoms with Gasteiger partial charge in [0, 0.05) is 12.1 Å². The largest absolute Gasteiger partial charge is 0.496 e. The zero-order valence-electron chi connectivity index (χ0n) is 9.68. The van der Waals surface area contributed by atoms with Crippen LogP contribution in [0.1, 0.15) is 0 Å². The number of hydrogen-bond donors (Lipinski definition) is 2. The molecule has 0 aliphatic carbocycles. The second kappa shape index (κ2) is 5.21. The number of methoxy groups -OCH3 is 3. The molecular formula is C9H14N2O5S. The molecule has 0 saturated heterocycles. The van der Waals surface area contributed by atoms with Crippen molar-refractivity contribution < 1.29 is 22.6 Å². The molecule has 3 N–H and O–H groups in total. The normalized spacial score (nSPS) is 11.1. The van der Waals surface area contributed by atoms with Crippen LogP contribution in [0.4, 0.5) is 0 Å². The van der Waals surface area contributed by atoms with E-state index in [1.165, 1.54) is 33.5 Å². The summed E-state index contributed by atoms with van der Waals surface area (Å²) in [5, 5.41) is 0. The van der Waals surface area contributed by atoms with Gasteiger partial charge in [-0.1, -0.05) is 0 Å². The highest BCUT2D eigenvalue weighted by Gasteiger charge is 2.25. The zero-order chi connectivity index (χ0) is 13.1. The lowest BCUT2D eigenvalue weighted by atomic mass is 10.3. The third-order valence-electron chi connectivity index (χ3n) is 2.09. The maximum Gasteiger partial charge on any atom is 0.260 e. The van der Waals surface area contributed by atoms with E-state index in [9.17, 15) is 8.42 Å². The SMILES string of the molecule is COc1cc(OC)c(S(=O)(=O)NN)c(OC)c1. The van der Waals surface area contributed by atoms with Crippen LogP contribution < -0.4 is 24.9 Å². The average molecular weight is 262 g/mol. The Morgan fingerprint density at radius 2 is 1.53 bits per heavy atom. The number of benzene rings is 1. The van der Waals surface area contributed by atoms with E-state index in [0.717, 1.165) is 0 Å². The minimum Gasteiger partial charge on any atom is -0.496 e. The first-order valence-corrected chi connectivity index (χ1v) is 6.01. The van der Waals surface area contributed by atoms with Gasteiger partial charge in [0.15, 0.2) is 4.90 Å². The molecular weight excluding hydrogens is 248 g/mol. The predicted molar refractivity (Wildman–Crippen MR) is 60.6 cm³/mol. The van der Waals surface area contributed by atoms with Crippen molar-refractivity contribution in [1.82, 2.24) is 4.83 Å². The molecule has 0 bridgehead atoms. The molecule has 0 saturated carbocycles. The Hall–Kier alpha value is -1.51. The second-order valence-electron chi connectivity index (χ2n) is 2.98. The van der Waals surface area contributed by atoms with Crippen molar-refractivity contribution in [2.24, 2.45) is 5.84 Å². The molecule has 0 radical (unpaired) electrons. The summed E-state index contributed by atoms with van der Waals surface area (Å²) < 4.78 is 38.4. The van der Waals surface area contributed by atoms with Gasteiger partial charge in [-0.3, -0.25) is 5.84 Å². The Kier molecular flexibility index (Phi) is 4.16. The summed E-state index contributed by atoms with van der Waals surface area (Å²) in [4.78, 5) is 1.54. The van der Waals surface area contributed by atoms with Crippen molar-refractivity contribution in [3.63, 3.8) is 0 Å². The summed E-state index contributed by atoms with van der Waals surface area (Å²) in [7, 11) is 0.236. The lowest BCUT2D eigenvalue weighted by Gasteiger charge is -2.14. The van der Waals surface area contributed by atoms with Gasteiger partial charge in [0.25, 0.3) is 10.0 Å². The molecule has 7 nitrogen and oxygen atoms in total. The van der Waals surface area contributed by atoms with E-state index < -0.39 is 10.0 Å². The van der Waals surface area contributed by atoms with Crippen LogP contribution >= 0.6 is 0 Å². The Balaban J connectivity index is 3.57. The molecule has 1 rings (SSSR count). The number of rotatable bonds is 5. The van der Waals surface area contributed by atoms with Gasteiger partial charge in [-0.05, 0) is 0 Å². The van der Waals surface area contributed by atoms with Crippen LogP contribution in [0.15, 0.2) is 17.0 Å². The molecule has 96 valence electrons. The minimum absolute atomic E-state index is 0.0825. The zero-order valence-corrected chi connectivity index (χ0v) is 10.5. The number of nitrogens with two attached hydrogens (primary N) is 1. The molecule has 1 aromatic carbocycles. The summed E-state index contributed by atoms with van der Waals surface area (Å²) >= 11 is 0. The van der Waals surface area contributed by atoms with E-state index in [4.69, 9.17) is 20.1 Å². The van der Waals surface area contributed by atoms with E-state index in [1.54, 1.807) is 4.83 Å². The number of ether oxygens (including phenoxy) is 3. The van der Waals surface area contributed by atoms with Crippen LogP contribution in [-0.4, -0.2) is 29.7 Å². The Bertz CT molecular complexity index is 475. The highest BCUT2D eigenvalue weighted by atomic mass is 32.2. The van der Waals surface area contributed by atoms with Crippen molar-refractivity contribution in [2.75, 3.05) is 21.3 Å². The fraction of sp³-hybridized carbons (Fsp3) is 0.333. The average Bonchev–Trinajstić information content (AvgIpc) is 2.36. The summed E-state index contributed by atoms with van der Waals surface area (Å²) in [6.07, 6.45) is 0. The van der Waals surface area contributed by atoms with Gasteiger partial charge in [-0.25, -0.2) is 8.42 Å². The lowest BCUT2D eigenvalue weighted by Crippen LogP contribution is -2.30. The van der Waals surface area contributed by atoms with Crippen LogP contribution in [0.3, 0.4) is 0 Å². The van der Waals surface area contributed by atoms with Crippen LogP contribution in [0, 0.1) is 0 Å². The van der Waals surface area contributed by atoms with Crippen molar-refractivity contribution in [3.05, 3.63) is 12.1 Å². The van der Waals surface area contributed by atoms with Crippen LogP contribution in [0.2, 0.25) is 0 Å². The molecule has 1 aromatic rings. The Morgan fingerprint density at radius 1 is 1.06 bits per heavy atom. The number of sulfonamides is 1. The summed E-state index contributed by atoms with van der Waals surface area (Å²) in [6, 6.07) is 2.85. The highest BCUT2D eigenvalue weighted by Crippen LogP contribution is 2.37. The van der Waals surface area contributed by atoms with E-state index in [1.807, 2.05) is 0 Å². The second-order valence-corrected chi connectivity index (χ2v) is 4.63. The van der Waals surface area contributed by atoms with Crippen molar-refractivity contribution >= 4 is 10.0 Å². The van der Waals surface area contributed by atoms with E-state index in [0.29, 0.717) is 5.75 Å². The molecule has 0 fully saturated rings. The molecule has 0 heterocycles. The van der Waals surface area contributed by atoms with Gasteiger partial charge < -0.3 is 14.2 Å². The standard InChI is InChI=1S/C9H14N2O5S/c1-14-6-4-7(15-2)9(8(5-6)16-3)17(12,13)11-10/h4-5,11H,10H2,1-3H3. The maximum absolute atomic E-state index is 11.7. The summed E-state index contributed by atoms with van der Waals surface area (Å²) in [6.45, 7) is 0. The Morgan fingerprint density at radius 3 is 1.82 bits per heavy atom. The molecule has 0 aliphatic rings. The molecule has 0 aromatic heterocycles. The quantitative estimate of drug-likeness (QED) is 0.566. The number of hydrazine groups is 1. The minimum atomic E-state index is -3.89. The predicted octanol–water partition coefficient (Wildman–Crippen LogP) is -0.136. The van der Waals surface area contributed by atoms with Gasteiger partial charge in [-0.2, -0.15) is 0 Å². The summed E-state index contributed by atoms with van der Waals surface area (Å²) in [5.74, 6) is 5.55. The van der Waals surface area contributed by atoms with Crippen molar-refractivity contribution in [1.29, 1.82) is 0 Å². The van der Waals surface area contributed by atoms with Crippen LogP contribution in [0.5, 0.6) is 17.2 Å². The topological polar surface area (TPSA) is 99.9 Å². The molecule has 17 heavy (non-hydrogen) atoms. The fourth-order valence-corrected chi connectivity index (χ4v) is 2.23. The highest BCUT2D eigenvalue weighted by molar-refractivity contribution is 7.89. The van der Waals surface area contributed by atoms with E-state index in [2.05, 4.69) is 0 Å². The first-order chi connectivity index (χ1) is 8.00. The van der Waals surface area contributed by atoms with Crippen LogP contribution in [0.25, 0.3) is 0 Å². The van der Waals surface area contributed by atoms with Gasteiger partial charge in [0.05, 0.1) is 21.3 Å². The first-order valence-electron chi connectivity index (χ1n) is 4.52. The number of hydrogen-bond acceptors (Lipinski definition) is 6. The molecule has 0 spiro atoms.